The van der Waals surface area contributed by atoms with Gasteiger partial charge in [-0.2, -0.15) is 0 Å². The fourth-order valence-electron chi connectivity index (χ4n) is 4.06. The third-order valence-corrected chi connectivity index (χ3v) is 6.36. The highest BCUT2D eigenvalue weighted by Gasteiger charge is 2.33. The molecule has 2 amide bonds. The lowest BCUT2D eigenvalue weighted by atomic mass is 10.2. The molecule has 2 aromatic rings. The fourth-order valence-corrected chi connectivity index (χ4v) is 4.14. The van der Waals surface area contributed by atoms with Gasteiger partial charge in [0, 0.05) is 37.6 Å². The van der Waals surface area contributed by atoms with Crippen molar-refractivity contribution in [1.82, 2.24) is 20.7 Å². The number of halogens is 1. The fraction of sp³-hybridized carbons (Fsp3) is 0.417. The van der Waals surface area contributed by atoms with Crippen molar-refractivity contribution in [1.29, 1.82) is 0 Å². The van der Waals surface area contributed by atoms with Crippen LogP contribution >= 0.6 is 12.2 Å². The van der Waals surface area contributed by atoms with Gasteiger partial charge in [0.15, 0.2) is 0 Å². The first-order valence-electron chi connectivity index (χ1n) is 11.8. The first-order valence-corrected chi connectivity index (χ1v) is 12.2. The maximum Gasteiger partial charge on any atom is 0.424 e. The molecule has 198 valence electrons. The number of cyclic esters (lactones) is 1. The molecule has 2 aliphatic rings. The molecular weight excluding hydrogens is 503 g/mol. The number of thiocarbonyl (C=S) groups is 1. The van der Waals surface area contributed by atoms with E-state index in [0.717, 1.165) is 5.56 Å². The molecule has 2 aliphatic heterocycles. The second kappa shape index (κ2) is 12.0. The van der Waals surface area contributed by atoms with Crippen LogP contribution in [0.3, 0.4) is 0 Å². The van der Waals surface area contributed by atoms with Gasteiger partial charge < -0.3 is 24.4 Å². The summed E-state index contributed by atoms with van der Waals surface area (Å²) in [7, 11) is 1.45. The number of hydrogen-bond acceptors (Lipinski definition) is 9. The number of nitrogens with zero attached hydrogens (tertiary/aromatic N) is 4. The van der Waals surface area contributed by atoms with Gasteiger partial charge in [0.1, 0.15) is 18.0 Å². The van der Waals surface area contributed by atoms with E-state index in [4.69, 9.17) is 26.4 Å². The Bertz CT molecular complexity index is 1130. The van der Waals surface area contributed by atoms with Crippen molar-refractivity contribution >= 4 is 41.0 Å². The molecule has 2 fully saturated rings. The molecule has 0 radical (unpaired) electrons. The quantitative estimate of drug-likeness (QED) is 0.539. The molecule has 2 N–H and O–H groups in total. The van der Waals surface area contributed by atoms with E-state index in [2.05, 4.69) is 15.7 Å². The molecule has 3 heterocycles. The van der Waals surface area contributed by atoms with Crippen molar-refractivity contribution in [2.45, 2.75) is 19.1 Å². The van der Waals surface area contributed by atoms with Gasteiger partial charge in [0.25, 0.3) is 5.17 Å². The molecule has 0 spiro atoms. The Kier molecular flexibility index (Phi) is 8.56. The summed E-state index contributed by atoms with van der Waals surface area (Å²) >= 11 is 4.93. The van der Waals surface area contributed by atoms with Gasteiger partial charge in [0.2, 0.25) is 0 Å². The molecule has 1 aromatic heterocycles. The van der Waals surface area contributed by atoms with E-state index in [0.29, 0.717) is 31.0 Å². The molecule has 37 heavy (non-hydrogen) atoms. The summed E-state index contributed by atoms with van der Waals surface area (Å²) in [6.45, 7) is 3.87. The van der Waals surface area contributed by atoms with Crippen LogP contribution in [-0.2, 0) is 14.2 Å². The number of hydrazine groups is 1. The molecule has 2 saturated heterocycles. The zero-order chi connectivity index (χ0) is 26.4. The van der Waals surface area contributed by atoms with Crippen LogP contribution in [0.4, 0.5) is 25.4 Å². The Morgan fingerprint density at radius 1 is 1.35 bits per heavy atom. The minimum Gasteiger partial charge on any atom is -0.474 e. The summed E-state index contributed by atoms with van der Waals surface area (Å²) in [4.78, 5) is 32.2. The van der Waals surface area contributed by atoms with Crippen LogP contribution in [0.1, 0.15) is 18.6 Å². The summed E-state index contributed by atoms with van der Waals surface area (Å²) in [5.41, 5.74) is 4.59. The summed E-state index contributed by atoms with van der Waals surface area (Å²) in [6.07, 6.45) is 1.31. The smallest absolute Gasteiger partial charge is 0.424 e. The second-order valence-corrected chi connectivity index (χ2v) is 8.85. The highest BCUT2D eigenvalue weighted by Crippen LogP contribution is 2.28. The van der Waals surface area contributed by atoms with E-state index in [9.17, 15) is 9.59 Å². The van der Waals surface area contributed by atoms with Crippen molar-refractivity contribution in [2.75, 3.05) is 56.2 Å². The summed E-state index contributed by atoms with van der Waals surface area (Å²) in [5.74, 6) is -0.478. The third kappa shape index (κ3) is 6.54. The number of ether oxygens (including phenoxy) is 3. The Labute approximate surface area is 219 Å². The Balaban J connectivity index is 1.34. The molecule has 4 rings (SSSR count). The van der Waals surface area contributed by atoms with Gasteiger partial charge in [-0.3, -0.25) is 9.88 Å². The van der Waals surface area contributed by atoms with Gasteiger partial charge in [-0.25, -0.2) is 24.4 Å². The number of carbonyl (C=O) groups excluding carboxylic acids is 2. The number of methoxy groups -OCH3 is 1. The van der Waals surface area contributed by atoms with E-state index < -0.39 is 30.2 Å². The van der Waals surface area contributed by atoms with Crippen molar-refractivity contribution in [3.05, 3.63) is 54.1 Å². The van der Waals surface area contributed by atoms with Crippen molar-refractivity contribution in [3.8, 4) is 0 Å². The van der Waals surface area contributed by atoms with Crippen LogP contribution < -0.4 is 20.5 Å². The largest absolute Gasteiger partial charge is 0.474 e. The summed E-state index contributed by atoms with van der Waals surface area (Å²) < 4.78 is 30.9. The molecule has 0 bridgehead atoms. The van der Waals surface area contributed by atoms with Gasteiger partial charge in [-0.05, 0) is 43.4 Å². The molecule has 11 nitrogen and oxygen atoms in total. The molecule has 0 unspecified atom stereocenters. The lowest BCUT2D eigenvalue weighted by Gasteiger charge is -2.25. The number of rotatable bonds is 6. The summed E-state index contributed by atoms with van der Waals surface area (Å²) in [5, 5.41) is 4.44. The van der Waals surface area contributed by atoms with Crippen molar-refractivity contribution in [3.63, 3.8) is 0 Å². The molecule has 13 heteroatoms. The number of hydrogen-bond donors (Lipinski definition) is 2. The second-order valence-electron chi connectivity index (χ2n) is 8.48. The number of pyridine rings is 1. The number of amides is 2. The minimum atomic E-state index is -0.559. The van der Waals surface area contributed by atoms with Gasteiger partial charge in [0.05, 0.1) is 38.1 Å². The SMILES string of the molecule is COC(=S)NC[C@H]1CN(c2ccc(N3CCNN(C(=O)O[C@H](C)c4cccnc4)CC3)c(F)c2)C(=O)O1. The first kappa shape index (κ1) is 26.4. The van der Waals surface area contributed by atoms with E-state index >= 15 is 4.39 Å². The van der Waals surface area contributed by atoms with E-state index in [1.165, 1.54) is 23.1 Å². The number of benzene rings is 1. The molecule has 2 atom stereocenters. The van der Waals surface area contributed by atoms with E-state index in [1.807, 2.05) is 11.0 Å². The van der Waals surface area contributed by atoms with Crippen LogP contribution in [0.2, 0.25) is 0 Å². The number of carbonyl (C=O) groups is 2. The normalized spacial score (nSPS) is 18.6. The average Bonchev–Trinajstić information content (AvgIpc) is 3.11. The Morgan fingerprint density at radius 2 is 2.19 bits per heavy atom. The highest BCUT2D eigenvalue weighted by molar-refractivity contribution is 7.80. The topological polar surface area (TPSA) is 109 Å². The van der Waals surface area contributed by atoms with Crippen LogP contribution in [-0.4, -0.2) is 79.8 Å². The first-order chi connectivity index (χ1) is 17.9. The maximum atomic E-state index is 15.2. The highest BCUT2D eigenvalue weighted by atomic mass is 32.1. The third-order valence-electron chi connectivity index (χ3n) is 6.05. The van der Waals surface area contributed by atoms with Crippen LogP contribution in [0, 0.1) is 5.82 Å². The lowest BCUT2D eigenvalue weighted by Crippen LogP contribution is -2.44. The minimum absolute atomic E-state index is 0.201. The molecule has 1 aromatic carbocycles. The summed E-state index contributed by atoms with van der Waals surface area (Å²) in [6, 6.07) is 8.23. The average molecular weight is 533 g/mol. The van der Waals surface area contributed by atoms with E-state index in [1.54, 1.807) is 37.5 Å². The number of aromatic nitrogens is 1. The van der Waals surface area contributed by atoms with Gasteiger partial charge >= 0.3 is 12.2 Å². The Hall–Kier alpha value is -3.71. The zero-order valence-corrected chi connectivity index (χ0v) is 21.4. The predicted molar refractivity (Wildman–Crippen MR) is 138 cm³/mol. The van der Waals surface area contributed by atoms with Crippen LogP contribution in [0.15, 0.2) is 42.7 Å². The van der Waals surface area contributed by atoms with Crippen LogP contribution in [0.25, 0.3) is 0 Å². The van der Waals surface area contributed by atoms with Crippen molar-refractivity contribution in [2.24, 2.45) is 0 Å². The predicted octanol–water partition coefficient (Wildman–Crippen LogP) is 2.59. The number of anilines is 2. The van der Waals surface area contributed by atoms with Crippen molar-refractivity contribution < 1.29 is 28.2 Å². The zero-order valence-electron chi connectivity index (χ0n) is 20.6. The number of nitrogens with one attached hydrogen (secondary N) is 2. The maximum absolute atomic E-state index is 15.2. The standard InChI is InChI=1S/C24H29FN6O5S/c1-16(17-4-3-7-26-13-17)35-24(33)31-11-10-29(9-8-28-31)21-6-5-18(12-20(21)25)30-15-19(36-23(30)32)14-27-22(37)34-2/h3-7,12-13,16,19,28H,8-11,14-15H2,1-2H3,(H,27,37)/t16-,19+/m1/s1. The Morgan fingerprint density at radius 3 is 2.92 bits per heavy atom. The monoisotopic (exact) mass is 532 g/mol. The van der Waals surface area contributed by atoms with Crippen LogP contribution in [0.5, 0.6) is 0 Å². The molecule has 0 aliphatic carbocycles. The lowest BCUT2D eigenvalue weighted by molar-refractivity contribution is 0.0570. The molecular formula is C24H29FN6O5S. The van der Waals surface area contributed by atoms with E-state index in [-0.39, 0.29) is 24.8 Å². The van der Waals surface area contributed by atoms with Gasteiger partial charge in [-0.15, -0.1) is 0 Å². The van der Waals surface area contributed by atoms with Gasteiger partial charge in [-0.1, -0.05) is 6.07 Å². The molecule has 0 saturated carbocycles.